The first kappa shape index (κ1) is 14.9. The average Bonchev–Trinajstić information content (AvgIpc) is 2.14. The van der Waals surface area contributed by atoms with Crippen molar-refractivity contribution in [2.24, 2.45) is 11.3 Å². The van der Waals surface area contributed by atoms with Gasteiger partial charge >= 0.3 is 0 Å². The lowest BCUT2D eigenvalue weighted by Gasteiger charge is -2.48. The third-order valence-corrected chi connectivity index (χ3v) is 3.73. The van der Waals surface area contributed by atoms with Crippen LogP contribution in [0, 0.1) is 11.3 Å². The lowest BCUT2D eigenvalue weighted by Crippen LogP contribution is -2.58. The molecule has 1 fully saturated rings. The molecule has 0 saturated heterocycles. The molecule has 0 radical (unpaired) electrons. The summed E-state index contributed by atoms with van der Waals surface area (Å²) in [5.41, 5.74) is 0.180. The molecule has 0 aromatic heterocycles. The van der Waals surface area contributed by atoms with Crippen molar-refractivity contribution in [3.05, 3.63) is 0 Å². The number of rotatable bonds is 5. The molecule has 0 heterocycles. The molecule has 0 spiro atoms. The van der Waals surface area contributed by atoms with E-state index >= 15 is 0 Å². The van der Waals surface area contributed by atoms with E-state index in [4.69, 9.17) is 4.74 Å². The summed E-state index contributed by atoms with van der Waals surface area (Å²) in [6.45, 7) is 9.91. The molecule has 1 aliphatic rings. The zero-order valence-electron chi connectivity index (χ0n) is 12.0. The molecule has 0 amide bonds. The lowest BCUT2D eigenvalue weighted by molar-refractivity contribution is 0.0216. The smallest absolute Gasteiger partial charge is 0.0613 e. The van der Waals surface area contributed by atoms with Crippen LogP contribution in [0.15, 0.2) is 0 Å². The largest absolute Gasteiger partial charge is 0.394 e. The second kappa shape index (κ2) is 5.68. The van der Waals surface area contributed by atoms with E-state index in [0.29, 0.717) is 17.9 Å². The molecule has 17 heavy (non-hydrogen) atoms. The van der Waals surface area contributed by atoms with Crippen molar-refractivity contribution in [3.63, 3.8) is 0 Å². The number of hydrogen-bond donors (Lipinski definition) is 2. The SMILES string of the molecule is COCC(C)NC1(CO)CC(C)CC(C)(C)C1. The summed E-state index contributed by atoms with van der Waals surface area (Å²) in [6.07, 6.45) is 3.34. The van der Waals surface area contributed by atoms with Crippen LogP contribution in [0.4, 0.5) is 0 Å². The van der Waals surface area contributed by atoms with Gasteiger partial charge in [-0.15, -0.1) is 0 Å². The van der Waals surface area contributed by atoms with E-state index in [1.54, 1.807) is 7.11 Å². The first-order valence-electron chi connectivity index (χ1n) is 6.70. The summed E-state index contributed by atoms with van der Waals surface area (Å²) in [4.78, 5) is 0. The minimum absolute atomic E-state index is 0.126. The highest BCUT2D eigenvalue weighted by Crippen LogP contribution is 2.43. The maximum absolute atomic E-state index is 9.81. The first-order chi connectivity index (χ1) is 7.82. The molecule has 102 valence electrons. The van der Waals surface area contributed by atoms with Crippen LogP contribution in [0.3, 0.4) is 0 Å². The van der Waals surface area contributed by atoms with Gasteiger partial charge in [-0.25, -0.2) is 0 Å². The summed E-state index contributed by atoms with van der Waals surface area (Å²) in [7, 11) is 1.72. The second-order valence-electron chi connectivity index (χ2n) is 6.79. The number of methoxy groups -OCH3 is 1. The fourth-order valence-corrected chi connectivity index (χ4v) is 3.83. The van der Waals surface area contributed by atoms with Crippen LogP contribution in [0.2, 0.25) is 0 Å². The number of aliphatic hydroxyl groups excluding tert-OH is 1. The van der Waals surface area contributed by atoms with Crippen molar-refractivity contribution in [2.45, 2.75) is 58.5 Å². The van der Waals surface area contributed by atoms with Gasteiger partial charge in [0.05, 0.1) is 13.2 Å². The maximum Gasteiger partial charge on any atom is 0.0613 e. The molecule has 3 nitrogen and oxygen atoms in total. The van der Waals surface area contributed by atoms with Crippen LogP contribution < -0.4 is 5.32 Å². The molecule has 0 aromatic rings. The summed E-state index contributed by atoms with van der Waals surface area (Å²) >= 11 is 0. The van der Waals surface area contributed by atoms with Gasteiger partial charge in [0, 0.05) is 18.7 Å². The molecule has 2 N–H and O–H groups in total. The maximum atomic E-state index is 9.81. The van der Waals surface area contributed by atoms with Crippen molar-refractivity contribution in [1.29, 1.82) is 0 Å². The molecule has 0 aliphatic heterocycles. The van der Waals surface area contributed by atoms with Crippen LogP contribution in [-0.4, -0.2) is 37.0 Å². The molecule has 0 aromatic carbocycles. The third kappa shape index (κ3) is 4.23. The number of ether oxygens (including phenoxy) is 1. The van der Waals surface area contributed by atoms with Gasteiger partial charge in [-0.3, -0.25) is 0 Å². The molecule has 1 aliphatic carbocycles. The van der Waals surface area contributed by atoms with Gasteiger partial charge < -0.3 is 15.2 Å². The van der Waals surface area contributed by atoms with Gasteiger partial charge in [-0.2, -0.15) is 0 Å². The van der Waals surface area contributed by atoms with Crippen molar-refractivity contribution < 1.29 is 9.84 Å². The number of aliphatic hydroxyl groups is 1. The minimum atomic E-state index is -0.126. The van der Waals surface area contributed by atoms with Crippen molar-refractivity contribution >= 4 is 0 Å². The van der Waals surface area contributed by atoms with Gasteiger partial charge in [0.1, 0.15) is 0 Å². The highest BCUT2D eigenvalue weighted by atomic mass is 16.5. The predicted octanol–water partition coefficient (Wildman–Crippen LogP) is 2.19. The van der Waals surface area contributed by atoms with Crippen molar-refractivity contribution in [3.8, 4) is 0 Å². The van der Waals surface area contributed by atoms with Crippen LogP contribution in [0.5, 0.6) is 0 Å². The molecule has 3 heteroatoms. The van der Waals surface area contributed by atoms with Crippen molar-refractivity contribution in [2.75, 3.05) is 20.3 Å². The van der Waals surface area contributed by atoms with Gasteiger partial charge in [-0.1, -0.05) is 20.8 Å². The van der Waals surface area contributed by atoms with E-state index in [1.165, 1.54) is 6.42 Å². The van der Waals surface area contributed by atoms with Gasteiger partial charge in [0.15, 0.2) is 0 Å². The quantitative estimate of drug-likeness (QED) is 0.778. The summed E-state index contributed by atoms with van der Waals surface area (Å²) in [5, 5.41) is 13.4. The molecule has 0 bridgehead atoms. The molecular weight excluding hydrogens is 214 g/mol. The third-order valence-electron chi connectivity index (χ3n) is 3.73. The van der Waals surface area contributed by atoms with E-state index in [1.807, 2.05) is 0 Å². The van der Waals surface area contributed by atoms with Crippen molar-refractivity contribution in [1.82, 2.24) is 5.32 Å². The fourth-order valence-electron chi connectivity index (χ4n) is 3.83. The molecule has 1 saturated carbocycles. The van der Waals surface area contributed by atoms with Crippen LogP contribution in [-0.2, 0) is 4.74 Å². The summed E-state index contributed by atoms with van der Waals surface area (Å²) in [6, 6.07) is 0.285. The van der Waals surface area contributed by atoms with Crippen LogP contribution in [0.25, 0.3) is 0 Å². The van der Waals surface area contributed by atoms with Gasteiger partial charge in [0.2, 0.25) is 0 Å². The Labute approximate surface area is 106 Å². The monoisotopic (exact) mass is 243 g/mol. The van der Waals surface area contributed by atoms with E-state index in [0.717, 1.165) is 12.8 Å². The normalized spacial score (nSPS) is 34.6. The Morgan fingerprint density at radius 1 is 1.41 bits per heavy atom. The molecule has 3 atom stereocenters. The molecule has 3 unspecified atom stereocenters. The van der Waals surface area contributed by atoms with E-state index in [-0.39, 0.29) is 18.2 Å². The Balaban J connectivity index is 2.72. The Hall–Kier alpha value is -0.120. The summed E-state index contributed by atoms with van der Waals surface area (Å²) < 4.78 is 5.17. The summed E-state index contributed by atoms with van der Waals surface area (Å²) in [5.74, 6) is 0.660. The molecule has 1 rings (SSSR count). The topological polar surface area (TPSA) is 41.5 Å². The van der Waals surface area contributed by atoms with Crippen LogP contribution >= 0.6 is 0 Å². The minimum Gasteiger partial charge on any atom is -0.394 e. The van der Waals surface area contributed by atoms with Gasteiger partial charge in [-0.05, 0) is 37.5 Å². The van der Waals surface area contributed by atoms with E-state index in [2.05, 4.69) is 33.0 Å². The standard InChI is InChI=1S/C14H29NO2/c1-11-6-13(3,4)9-14(7-11,10-16)15-12(2)8-17-5/h11-12,15-16H,6-10H2,1-5H3. The predicted molar refractivity (Wildman–Crippen MR) is 71.1 cm³/mol. The Morgan fingerprint density at radius 2 is 2.06 bits per heavy atom. The number of nitrogens with one attached hydrogen (secondary N) is 1. The highest BCUT2D eigenvalue weighted by molar-refractivity contribution is 4.99. The van der Waals surface area contributed by atoms with Gasteiger partial charge in [0.25, 0.3) is 0 Å². The van der Waals surface area contributed by atoms with E-state index < -0.39 is 0 Å². The van der Waals surface area contributed by atoms with E-state index in [9.17, 15) is 5.11 Å². The average molecular weight is 243 g/mol. The Bertz CT molecular complexity index is 242. The zero-order valence-corrected chi connectivity index (χ0v) is 12.0. The fraction of sp³-hybridized carbons (Fsp3) is 1.00. The second-order valence-corrected chi connectivity index (χ2v) is 6.79. The number of hydrogen-bond acceptors (Lipinski definition) is 3. The Morgan fingerprint density at radius 3 is 2.53 bits per heavy atom. The zero-order chi connectivity index (χ0) is 13.1. The highest BCUT2D eigenvalue weighted by Gasteiger charge is 2.42. The van der Waals surface area contributed by atoms with Crippen LogP contribution in [0.1, 0.15) is 47.0 Å². The Kier molecular flexibility index (Phi) is 4.99. The lowest BCUT2D eigenvalue weighted by atomic mass is 9.64. The molecular formula is C14H29NO2. The first-order valence-corrected chi connectivity index (χ1v) is 6.70.